The number of benzene rings is 1. The van der Waals surface area contributed by atoms with Crippen molar-refractivity contribution >= 4 is 11.6 Å². The molecule has 2 bridgehead atoms. The lowest BCUT2D eigenvalue weighted by Gasteiger charge is -2.55. The third kappa shape index (κ3) is 2.09. The van der Waals surface area contributed by atoms with E-state index in [1.807, 2.05) is 24.3 Å². The van der Waals surface area contributed by atoms with Gasteiger partial charge in [0, 0.05) is 16.0 Å². The summed E-state index contributed by atoms with van der Waals surface area (Å²) in [5.74, 6) is -1.04. The highest BCUT2D eigenvalue weighted by Gasteiger charge is 2.57. The van der Waals surface area contributed by atoms with E-state index in [0.29, 0.717) is 18.2 Å². The Morgan fingerprint density at radius 2 is 1.84 bits per heavy atom. The lowest BCUT2D eigenvalue weighted by molar-refractivity contribution is -0.498. The topological polar surface area (TPSA) is 27.7 Å². The van der Waals surface area contributed by atoms with Crippen LogP contribution in [0, 0.1) is 5.41 Å². The van der Waals surface area contributed by atoms with Gasteiger partial charge in [0.25, 0.3) is 0 Å². The van der Waals surface area contributed by atoms with E-state index in [9.17, 15) is 0 Å². The average Bonchev–Trinajstić information content (AvgIpc) is 2.42. The van der Waals surface area contributed by atoms with Crippen LogP contribution >= 0.6 is 11.6 Å². The van der Waals surface area contributed by atoms with Gasteiger partial charge in [-0.1, -0.05) is 24.9 Å². The van der Waals surface area contributed by atoms with Gasteiger partial charge < -0.3 is 14.2 Å². The van der Waals surface area contributed by atoms with Gasteiger partial charge in [0.15, 0.2) is 0 Å². The molecular weight excluding hydrogens is 264 g/mol. The van der Waals surface area contributed by atoms with Crippen molar-refractivity contribution in [2.75, 3.05) is 13.2 Å². The Morgan fingerprint density at radius 3 is 2.37 bits per heavy atom. The van der Waals surface area contributed by atoms with Crippen LogP contribution in [0.4, 0.5) is 0 Å². The molecule has 0 radical (unpaired) electrons. The maximum atomic E-state index is 6.07. The Bertz CT molecular complexity index is 449. The van der Waals surface area contributed by atoms with Crippen molar-refractivity contribution in [3.63, 3.8) is 0 Å². The molecule has 0 aromatic heterocycles. The van der Waals surface area contributed by atoms with E-state index in [0.717, 1.165) is 18.4 Å². The summed E-state index contributed by atoms with van der Waals surface area (Å²) in [5.41, 5.74) is 0.872. The van der Waals surface area contributed by atoms with E-state index < -0.39 is 5.97 Å². The molecule has 0 spiro atoms. The van der Waals surface area contributed by atoms with Gasteiger partial charge in [0.05, 0.1) is 19.3 Å². The molecule has 19 heavy (non-hydrogen) atoms. The average molecular weight is 283 g/mol. The monoisotopic (exact) mass is 282 g/mol. The summed E-state index contributed by atoms with van der Waals surface area (Å²) < 4.78 is 17.9. The molecule has 3 aliphatic rings. The molecule has 3 fully saturated rings. The molecule has 3 saturated heterocycles. The molecule has 1 atom stereocenters. The molecule has 0 amide bonds. The van der Waals surface area contributed by atoms with Crippen LogP contribution in [0.2, 0.25) is 5.02 Å². The normalized spacial score (nSPS) is 37.5. The Kier molecular flexibility index (Phi) is 3.34. The van der Waals surface area contributed by atoms with E-state index in [1.165, 1.54) is 0 Å². The Morgan fingerprint density at radius 1 is 1.21 bits per heavy atom. The molecule has 0 saturated carbocycles. The summed E-state index contributed by atoms with van der Waals surface area (Å²) in [6, 6.07) is 7.45. The highest BCUT2D eigenvalue weighted by atomic mass is 35.5. The zero-order valence-electron chi connectivity index (χ0n) is 11.3. The van der Waals surface area contributed by atoms with Crippen molar-refractivity contribution < 1.29 is 14.2 Å². The number of ether oxygens (including phenoxy) is 3. The van der Waals surface area contributed by atoms with Crippen molar-refractivity contribution in [3.05, 3.63) is 34.9 Å². The predicted octanol–water partition coefficient (Wildman–Crippen LogP) is 3.70. The van der Waals surface area contributed by atoms with Crippen LogP contribution < -0.4 is 0 Å². The highest BCUT2D eigenvalue weighted by Crippen LogP contribution is 2.49. The van der Waals surface area contributed by atoms with Crippen molar-refractivity contribution in [1.82, 2.24) is 0 Å². The third-order valence-corrected chi connectivity index (χ3v) is 4.49. The molecule has 104 valence electrons. The van der Waals surface area contributed by atoms with Crippen LogP contribution in [0.15, 0.2) is 24.3 Å². The molecule has 0 aliphatic carbocycles. The number of hydrogen-bond donors (Lipinski definition) is 0. The van der Waals surface area contributed by atoms with Crippen LogP contribution in [0.1, 0.15) is 32.3 Å². The van der Waals surface area contributed by atoms with E-state index in [2.05, 4.69) is 13.8 Å². The van der Waals surface area contributed by atoms with E-state index in [1.54, 1.807) is 0 Å². The first kappa shape index (κ1) is 13.4. The maximum absolute atomic E-state index is 6.07. The highest BCUT2D eigenvalue weighted by molar-refractivity contribution is 6.30. The third-order valence-electron chi connectivity index (χ3n) is 4.24. The molecule has 4 heteroatoms. The minimum atomic E-state index is -1.04. The van der Waals surface area contributed by atoms with Gasteiger partial charge in [0.1, 0.15) is 0 Å². The Labute approximate surface area is 118 Å². The number of rotatable bonds is 3. The zero-order chi connectivity index (χ0) is 13.5. The van der Waals surface area contributed by atoms with Crippen molar-refractivity contribution in [3.8, 4) is 0 Å². The molecular formula is C15H19ClO3. The quantitative estimate of drug-likeness (QED) is 0.846. The smallest absolute Gasteiger partial charge is 0.312 e. The molecule has 4 rings (SSSR count). The molecule has 1 aromatic rings. The van der Waals surface area contributed by atoms with Crippen LogP contribution in [0.25, 0.3) is 0 Å². The summed E-state index contributed by atoms with van der Waals surface area (Å²) in [7, 11) is 0. The van der Waals surface area contributed by atoms with Crippen LogP contribution in [-0.4, -0.2) is 19.3 Å². The fraction of sp³-hybridized carbons (Fsp3) is 0.600. The standard InChI is InChI=1S/C15H19ClO3/c1-3-8-14-9-17-15(18-10-14,19-11(14)2)12-4-6-13(16)7-5-12/h4-7,11H,3,8-10H2,1-2H3. The second-order valence-electron chi connectivity index (χ2n) is 5.51. The molecule has 3 aliphatic heterocycles. The second-order valence-corrected chi connectivity index (χ2v) is 5.95. The summed E-state index contributed by atoms with van der Waals surface area (Å²) in [6.07, 6.45) is 2.30. The Balaban J connectivity index is 1.87. The maximum Gasteiger partial charge on any atom is 0.312 e. The van der Waals surface area contributed by atoms with Gasteiger partial charge >= 0.3 is 5.97 Å². The zero-order valence-corrected chi connectivity index (χ0v) is 12.1. The van der Waals surface area contributed by atoms with Gasteiger partial charge in [-0.05, 0) is 37.6 Å². The van der Waals surface area contributed by atoms with Crippen LogP contribution in [0.3, 0.4) is 0 Å². The van der Waals surface area contributed by atoms with Gasteiger partial charge in [-0.25, -0.2) is 0 Å². The van der Waals surface area contributed by atoms with E-state index >= 15 is 0 Å². The van der Waals surface area contributed by atoms with Crippen LogP contribution in [-0.2, 0) is 20.2 Å². The van der Waals surface area contributed by atoms with Gasteiger partial charge in [-0.15, -0.1) is 0 Å². The number of halogens is 1. The van der Waals surface area contributed by atoms with Gasteiger partial charge in [-0.3, -0.25) is 0 Å². The summed E-state index contributed by atoms with van der Waals surface area (Å²) in [5, 5.41) is 0.695. The van der Waals surface area contributed by atoms with E-state index in [4.69, 9.17) is 25.8 Å². The SMILES string of the molecule is CCCC12COC(c3ccc(Cl)cc3)(OC1)OC2C. The molecule has 1 unspecified atom stereocenters. The van der Waals surface area contributed by atoms with Crippen molar-refractivity contribution in [2.45, 2.75) is 38.8 Å². The van der Waals surface area contributed by atoms with Crippen LogP contribution in [0.5, 0.6) is 0 Å². The number of fused-ring (bicyclic) bond motifs is 3. The molecule has 3 heterocycles. The van der Waals surface area contributed by atoms with Gasteiger partial charge in [0.2, 0.25) is 0 Å². The lowest BCUT2D eigenvalue weighted by atomic mass is 9.78. The second kappa shape index (κ2) is 4.74. The largest absolute Gasteiger partial charge is 0.323 e. The van der Waals surface area contributed by atoms with E-state index in [-0.39, 0.29) is 11.5 Å². The minimum absolute atomic E-state index is 0.00290. The first-order valence-electron chi connectivity index (χ1n) is 6.82. The molecule has 0 N–H and O–H groups in total. The predicted molar refractivity (Wildman–Crippen MR) is 72.9 cm³/mol. The first-order chi connectivity index (χ1) is 9.10. The first-order valence-corrected chi connectivity index (χ1v) is 7.20. The molecule has 3 nitrogen and oxygen atoms in total. The number of hydrogen-bond acceptors (Lipinski definition) is 3. The Hall–Kier alpha value is -0.610. The summed E-state index contributed by atoms with van der Waals surface area (Å²) in [6.45, 7) is 5.66. The summed E-state index contributed by atoms with van der Waals surface area (Å²) in [4.78, 5) is 0. The van der Waals surface area contributed by atoms with Crippen molar-refractivity contribution in [2.24, 2.45) is 5.41 Å². The van der Waals surface area contributed by atoms with Crippen molar-refractivity contribution in [1.29, 1.82) is 0 Å². The minimum Gasteiger partial charge on any atom is -0.323 e. The molecule has 1 aromatic carbocycles. The van der Waals surface area contributed by atoms with Gasteiger partial charge in [-0.2, -0.15) is 0 Å². The fourth-order valence-electron chi connectivity index (χ4n) is 2.96. The lowest BCUT2D eigenvalue weighted by Crippen LogP contribution is -2.62. The fourth-order valence-corrected chi connectivity index (χ4v) is 3.08. The summed E-state index contributed by atoms with van der Waals surface area (Å²) >= 11 is 5.92.